The maximum absolute atomic E-state index is 3.74. The molecule has 0 aliphatic carbocycles. The molecule has 0 saturated carbocycles. The van der Waals surface area contributed by atoms with E-state index in [1.165, 1.54) is 59.6 Å². The van der Waals surface area contributed by atoms with Crippen LogP contribution in [-0.4, -0.2) is 9.97 Å². The second-order valence-corrected chi connectivity index (χ2v) is 8.61. The van der Waals surface area contributed by atoms with Gasteiger partial charge in [-0.2, -0.15) is 0 Å². The van der Waals surface area contributed by atoms with E-state index in [2.05, 4.69) is 105 Å². The quantitative estimate of drug-likeness (QED) is 0.226. The van der Waals surface area contributed by atoms with Gasteiger partial charge in [0.25, 0.3) is 0 Å². The number of hydrogen-bond donors (Lipinski definition) is 2. The van der Waals surface area contributed by atoms with E-state index < -0.39 is 0 Å². The Hall–Kier alpha value is -3.30. The monoisotopic (exact) mass is 434 g/mol. The number of rotatable bonds is 0. The standard InChI is InChI=1S/C26H15BrN2/c27-14-9-10-20-22(13-14)29-26-23(20)17-7-2-1-5-15(17)18-11-12-19-16-6-3-4-8-21(16)28-25(19)24(18)26/h1-13,28-29H. The third-order valence-corrected chi connectivity index (χ3v) is 6.67. The van der Waals surface area contributed by atoms with Gasteiger partial charge in [0.05, 0.1) is 11.0 Å². The van der Waals surface area contributed by atoms with E-state index in [0.717, 1.165) is 9.99 Å². The molecule has 5 aromatic carbocycles. The SMILES string of the molecule is Brc1ccc2c(c1)[nH]c1c2c2ccccc2c2ccc3c4ccccc4[nH]c3c21. The zero-order valence-electron chi connectivity index (χ0n) is 15.4. The van der Waals surface area contributed by atoms with E-state index in [4.69, 9.17) is 0 Å². The molecule has 0 amide bonds. The number of H-pyrrole nitrogens is 2. The van der Waals surface area contributed by atoms with Crippen LogP contribution < -0.4 is 0 Å². The van der Waals surface area contributed by atoms with Gasteiger partial charge in [-0.25, -0.2) is 0 Å². The molecule has 2 N–H and O–H groups in total. The van der Waals surface area contributed by atoms with Crippen LogP contribution in [0.4, 0.5) is 0 Å². The largest absolute Gasteiger partial charge is 0.354 e. The molecule has 7 aromatic rings. The number of benzene rings is 5. The first kappa shape index (κ1) is 15.6. The van der Waals surface area contributed by atoms with Crippen molar-refractivity contribution in [3.63, 3.8) is 0 Å². The van der Waals surface area contributed by atoms with Crippen molar-refractivity contribution in [1.82, 2.24) is 9.97 Å². The predicted octanol–water partition coefficient (Wildman–Crippen LogP) is 8.02. The van der Waals surface area contributed by atoms with Crippen LogP contribution in [0.2, 0.25) is 0 Å². The first-order chi connectivity index (χ1) is 14.3. The number of aromatic amines is 2. The van der Waals surface area contributed by atoms with E-state index in [1.54, 1.807) is 0 Å². The van der Waals surface area contributed by atoms with E-state index in [9.17, 15) is 0 Å². The van der Waals surface area contributed by atoms with E-state index in [1.807, 2.05) is 0 Å². The van der Waals surface area contributed by atoms with Crippen molar-refractivity contribution in [2.45, 2.75) is 0 Å². The molecule has 29 heavy (non-hydrogen) atoms. The highest BCUT2D eigenvalue weighted by Crippen LogP contribution is 2.42. The van der Waals surface area contributed by atoms with Crippen molar-refractivity contribution in [1.29, 1.82) is 0 Å². The minimum absolute atomic E-state index is 1.08. The molecule has 0 atom stereocenters. The van der Waals surface area contributed by atoms with Gasteiger partial charge < -0.3 is 9.97 Å². The molecule has 2 heterocycles. The lowest BCUT2D eigenvalue weighted by atomic mass is 9.95. The van der Waals surface area contributed by atoms with Gasteiger partial charge in [0.2, 0.25) is 0 Å². The van der Waals surface area contributed by atoms with Crippen LogP contribution in [0.15, 0.2) is 83.3 Å². The highest BCUT2D eigenvalue weighted by atomic mass is 79.9. The maximum atomic E-state index is 3.74. The third-order valence-electron chi connectivity index (χ3n) is 6.18. The molecular formula is C26H15BrN2. The topological polar surface area (TPSA) is 31.6 Å². The van der Waals surface area contributed by atoms with Crippen LogP contribution in [0.5, 0.6) is 0 Å². The van der Waals surface area contributed by atoms with Gasteiger partial charge in [0.15, 0.2) is 0 Å². The van der Waals surface area contributed by atoms with Crippen molar-refractivity contribution in [3.05, 3.63) is 83.3 Å². The molecule has 0 aliphatic heterocycles. The lowest BCUT2D eigenvalue weighted by Crippen LogP contribution is -1.83. The van der Waals surface area contributed by atoms with Crippen LogP contribution in [-0.2, 0) is 0 Å². The summed E-state index contributed by atoms with van der Waals surface area (Å²) in [5.41, 5.74) is 4.73. The number of aromatic nitrogens is 2. The molecule has 7 rings (SSSR count). The molecule has 2 aromatic heterocycles. The first-order valence-electron chi connectivity index (χ1n) is 9.74. The number of halogens is 1. The fraction of sp³-hybridized carbons (Fsp3) is 0. The molecule has 0 spiro atoms. The van der Waals surface area contributed by atoms with Gasteiger partial charge in [-0.05, 0) is 34.4 Å². The minimum atomic E-state index is 1.08. The Kier molecular flexibility index (Phi) is 2.90. The van der Waals surface area contributed by atoms with Crippen molar-refractivity contribution in [3.8, 4) is 0 Å². The molecule has 0 aliphatic rings. The zero-order chi connectivity index (χ0) is 19.1. The summed E-state index contributed by atoms with van der Waals surface area (Å²) < 4.78 is 1.08. The summed E-state index contributed by atoms with van der Waals surface area (Å²) in [6.07, 6.45) is 0. The summed E-state index contributed by atoms with van der Waals surface area (Å²) in [6, 6.07) is 28.3. The Morgan fingerprint density at radius 2 is 1.14 bits per heavy atom. The fourth-order valence-corrected chi connectivity index (χ4v) is 5.34. The average Bonchev–Trinajstić information content (AvgIpc) is 3.31. The molecule has 136 valence electrons. The fourth-order valence-electron chi connectivity index (χ4n) is 4.98. The van der Waals surface area contributed by atoms with Gasteiger partial charge in [-0.3, -0.25) is 0 Å². The molecule has 0 saturated heterocycles. The molecule has 0 fully saturated rings. The summed E-state index contributed by atoms with van der Waals surface area (Å²) in [4.78, 5) is 7.44. The third kappa shape index (κ3) is 1.95. The summed E-state index contributed by atoms with van der Waals surface area (Å²) in [5.74, 6) is 0. The second kappa shape index (κ2) is 5.40. The van der Waals surface area contributed by atoms with Crippen LogP contribution in [0.1, 0.15) is 0 Å². The van der Waals surface area contributed by atoms with Gasteiger partial charge in [-0.1, -0.05) is 76.6 Å². The predicted molar refractivity (Wildman–Crippen MR) is 128 cm³/mol. The molecule has 0 bridgehead atoms. The highest BCUT2D eigenvalue weighted by molar-refractivity contribution is 9.10. The summed E-state index contributed by atoms with van der Waals surface area (Å²) in [7, 11) is 0. The van der Waals surface area contributed by atoms with Gasteiger partial charge >= 0.3 is 0 Å². The Labute approximate surface area is 174 Å². The van der Waals surface area contributed by atoms with Crippen molar-refractivity contribution < 1.29 is 0 Å². The summed E-state index contributed by atoms with van der Waals surface area (Å²) >= 11 is 3.63. The Balaban J connectivity index is 1.87. The molecule has 0 radical (unpaired) electrons. The van der Waals surface area contributed by atoms with Crippen molar-refractivity contribution in [2.24, 2.45) is 0 Å². The van der Waals surface area contributed by atoms with Gasteiger partial charge in [0.1, 0.15) is 0 Å². The smallest absolute Gasteiger partial charge is 0.0572 e. The van der Waals surface area contributed by atoms with Gasteiger partial charge in [-0.15, -0.1) is 0 Å². The molecule has 3 heteroatoms. The molecular weight excluding hydrogens is 420 g/mol. The maximum Gasteiger partial charge on any atom is 0.0572 e. The summed E-state index contributed by atoms with van der Waals surface area (Å²) in [6.45, 7) is 0. The Morgan fingerprint density at radius 1 is 0.483 bits per heavy atom. The van der Waals surface area contributed by atoms with Crippen LogP contribution >= 0.6 is 15.9 Å². The Bertz CT molecular complexity index is 1770. The van der Waals surface area contributed by atoms with Crippen molar-refractivity contribution in [2.75, 3.05) is 0 Å². The number of hydrogen-bond acceptors (Lipinski definition) is 0. The number of para-hydroxylation sites is 1. The lowest BCUT2D eigenvalue weighted by molar-refractivity contribution is 1.54. The molecule has 0 unspecified atom stereocenters. The van der Waals surface area contributed by atoms with E-state index >= 15 is 0 Å². The summed E-state index contributed by atoms with van der Waals surface area (Å²) in [5, 5.41) is 10.2. The van der Waals surface area contributed by atoms with Crippen LogP contribution in [0.25, 0.3) is 65.2 Å². The van der Waals surface area contributed by atoms with E-state index in [-0.39, 0.29) is 0 Å². The van der Waals surface area contributed by atoms with E-state index in [0.29, 0.717) is 0 Å². The number of fused-ring (bicyclic) bond motifs is 12. The second-order valence-electron chi connectivity index (χ2n) is 7.69. The van der Waals surface area contributed by atoms with Crippen LogP contribution in [0, 0.1) is 0 Å². The molecule has 2 nitrogen and oxygen atoms in total. The average molecular weight is 435 g/mol. The number of nitrogens with one attached hydrogen (secondary N) is 2. The van der Waals surface area contributed by atoms with Crippen LogP contribution in [0.3, 0.4) is 0 Å². The first-order valence-corrected chi connectivity index (χ1v) is 10.5. The normalized spacial score (nSPS) is 12.3. The highest BCUT2D eigenvalue weighted by Gasteiger charge is 2.17. The Morgan fingerprint density at radius 3 is 2.03 bits per heavy atom. The lowest BCUT2D eigenvalue weighted by Gasteiger charge is -2.08. The zero-order valence-corrected chi connectivity index (χ0v) is 17.0. The minimum Gasteiger partial charge on any atom is -0.354 e. The van der Waals surface area contributed by atoms with Gasteiger partial charge in [0, 0.05) is 42.4 Å². The van der Waals surface area contributed by atoms with Crippen molar-refractivity contribution >= 4 is 81.1 Å².